The average Bonchev–Trinajstić information content (AvgIpc) is 3.22. The van der Waals surface area contributed by atoms with Crippen molar-refractivity contribution in [2.75, 3.05) is 11.1 Å². The number of non-ortho nitro benzene ring substituents is 1. The Morgan fingerprint density at radius 3 is 2.26 bits per heavy atom. The summed E-state index contributed by atoms with van der Waals surface area (Å²) in [5.41, 5.74) is -0.248. The van der Waals surface area contributed by atoms with Gasteiger partial charge >= 0.3 is 0 Å². The minimum Gasteiger partial charge on any atom is -0.302 e. The molecule has 162 valence electrons. The molecule has 0 fully saturated rings. The van der Waals surface area contributed by atoms with Crippen molar-refractivity contribution in [2.45, 2.75) is 20.4 Å². The maximum Gasteiger partial charge on any atom is 0.269 e. The van der Waals surface area contributed by atoms with E-state index in [0.29, 0.717) is 11.3 Å². The van der Waals surface area contributed by atoms with Gasteiger partial charge in [-0.25, -0.2) is 21.8 Å². The number of hydrogen-bond acceptors (Lipinski definition) is 9. The molecule has 3 rings (SSSR count). The Balaban J connectivity index is 1.66. The van der Waals surface area contributed by atoms with Crippen LogP contribution in [0, 0.1) is 10.1 Å². The van der Waals surface area contributed by atoms with Crippen LogP contribution in [0.5, 0.6) is 0 Å². The van der Waals surface area contributed by atoms with Crippen molar-refractivity contribution in [2.24, 2.45) is 0 Å². The largest absolute Gasteiger partial charge is 0.302 e. The smallest absolute Gasteiger partial charge is 0.269 e. The number of sulfone groups is 2. The number of benzene rings is 2. The zero-order chi connectivity index (χ0) is 22.6. The van der Waals surface area contributed by atoms with Crippen LogP contribution in [0.4, 0.5) is 10.8 Å². The maximum absolute atomic E-state index is 12.6. The van der Waals surface area contributed by atoms with E-state index >= 15 is 0 Å². The number of nitrogens with one attached hydrogen (secondary N) is 1. The summed E-state index contributed by atoms with van der Waals surface area (Å²) in [7, 11) is -7.61. The Kier molecular flexibility index (Phi) is 6.48. The lowest BCUT2D eigenvalue weighted by Crippen LogP contribution is -2.17. The summed E-state index contributed by atoms with van der Waals surface area (Å²) in [5.74, 6) is -1.05. The van der Waals surface area contributed by atoms with E-state index in [1.165, 1.54) is 12.1 Å². The van der Waals surface area contributed by atoms with Crippen molar-refractivity contribution in [3.8, 4) is 0 Å². The molecule has 0 saturated carbocycles. The topological polar surface area (TPSA) is 153 Å². The van der Waals surface area contributed by atoms with Crippen LogP contribution in [-0.4, -0.2) is 38.4 Å². The fraction of sp³-hybridized carbons (Fsp3) is 0.111. The normalized spacial score (nSPS) is 11.7. The second kappa shape index (κ2) is 8.91. The second-order valence-corrected chi connectivity index (χ2v) is 11.5. The number of carbonyl (C=O) groups excluding carboxylic acids is 1. The molecule has 3 aromatic rings. The number of carbonyl (C=O) groups is 1. The molecule has 31 heavy (non-hydrogen) atoms. The Bertz CT molecular complexity index is 1320. The van der Waals surface area contributed by atoms with Crippen molar-refractivity contribution in [3.63, 3.8) is 0 Å². The Hall–Kier alpha value is -3.16. The Morgan fingerprint density at radius 1 is 1.00 bits per heavy atom. The molecule has 1 amide bonds. The third kappa shape index (κ3) is 5.31. The van der Waals surface area contributed by atoms with Gasteiger partial charge in [0.05, 0.1) is 26.7 Å². The number of hydrogen-bond donors (Lipinski definition) is 1. The molecule has 0 saturated heterocycles. The van der Waals surface area contributed by atoms with Crippen LogP contribution in [0.25, 0.3) is 0 Å². The number of aromatic nitrogens is 1. The van der Waals surface area contributed by atoms with Crippen LogP contribution in [0.15, 0.2) is 74.8 Å². The number of amides is 1. The molecule has 1 heterocycles. The molecule has 0 radical (unpaired) electrons. The molecule has 1 N–H and O–H groups in total. The zero-order valence-corrected chi connectivity index (χ0v) is 18.1. The Morgan fingerprint density at radius 2 is 1.65 bits per heavy atom. The monoisotopic (exact) mass is 481 g/mol. The zero-order valence-electron chi connectivity index (χ0n) is 15.7. The van der Waals surface area contributed by atoms with E-state index in [9.17, 15) is 31.7 Å². The van der Waals surface area contributed by atoms with Gasteiger partial charge in [0.2, 0.25) is 15.7 Å². The van der Waals surface area contributed by atoms with E-state index in [1.54, 1.807) is 18.2 Å². The van der Waals surface area contributed by atoms with Crippen LogP contribution in [0.3, 0.4) is 0 Å². The van der Waals surface area contributed by atoms with Gasteiger partial charge in [0, 0.05) is 18.6 Å². The SMILES string of the molecule is O=C(CCS(=O)(=O)c1ccccc1)Nc1ncc(S(=O)(=O)c2ccc([N+](=O)[O-])cc2)s1. The first-order valence-electron chi connectivity index (χ1n) is 8.62. The van der Waals surface area contributed by atoms with Gasteiger partial charge in [-0.05, 0) is 24.3 Å². The van der Waals surface area contributed by atoms with E-state index in [2.05, 4.69) is 10.3 Å². The molecule has 0 bridgehead atoms. The predicted molar refractivity (Wildman–Crippen MR) is 112 cm³/mol. The van der Waals surface area contributed by atoms with Gasteiger partial charge in [-0.2, -0.15) is 0 Å². The minimum atomic E-state index is -3.98. The molecule has 1 aromatic heterocycles. The number of thiazole rings is 1. The first-order chi connectivity index (χ1) is 14.6. The fourth-order valence-corrected chi connectivity index (χ4v) is 6.17. The van der Waals surface area contributed by atoms with Crippen LogP contribution < -0.4 is 5.32 Å². The molecular formula is C18H15N3O7S3. The van der Waals surface area contributed by atoms with Crippen LogP contribution >= 0.6 is 11.3 Å². The molecule has 2 aromatic carbocycles. The number of anilines is 1. The van der Waals surface area contributed by atoms with E-state index in [-0.39, 0.29) is 31.2 Å². The lowest BCUT2D eigenvalue weighted by molar-refractivity contribution is -0.384. The quantitative estimate of drug-likeness (QED) is 0.380. The lowest BCUT2D eigenvalue weighted by atomic mass is 10.3. The standard InChI is InChI=1S/C18H15N3O7S3/c22-16(10-11-30(25,26)14-4-2-1-3-5-14)20-18-19-12-17(29-18)31(27,28)15-8-6-13(7-9-15)21(23)24/h1-9,12H,10-11H2,(H,19,20,22). The molecule has 0 aliphatic heterocycles. The van der Waals surface area contributed by atoms with E-state index in [0.717, 1.165) is 30.5 Å². The summed E-state index contributed by atoms with van der Waals surface area (Å²) >= 11 is 0.689. The second-order valence-electron chi connectivity index (χ2n) is 6.17. The van der Waals surface area contributed by atoms with Crippen LogP contribution in [0.1, 0.15) is 6.42 Å². The molecule has 0 spiro atoms. The summed E-state index contributed by atoms with van der Waals surface area (Å²) in [4.78, 5) is 26.0. The number of nitro groups is 1. The van der Waals surface area contributed by atoms with Crippen LogP contribution in [0.2, 0.25) is 0 Å². The van der Waals surface area contributed by atoms with Gasteiger partial charge in [-0.15, -0.1) is 0 Å². The third-order valence-electron chi connectivity index (χ3n) is 4.05. The number of nitro benzene ring substituents is 1. The maximum atomic E-state index is 12.6. The molecule has 0 aliphatic rings. The van der Waals surface area contributed by atoms with Crippen molar-refractivity contribution in [1.29, 1.82) is 0 Å². The molecular weight excluding hydrogens is 466 g/mol. The minimum absolute atomic E-state index is 0.0115. The fourth-order valence-electron chi connectivity index (χ4n) is 2.46. The Labute approximate surface area is 181 Å². The third-order valence-corrected chi connectivity index (χ3v) is 8.93. The van der Waals surface area contributed by atoms with E-state index in [1.807, 2.05) is 0 Å². The van der Waals surface area contributed by atoms with Crippen molar-refractivity contribution >= 4 is 47.7 Å². The van der Waals surface area contributed by atoms with Crippen molar-refractivity contribution < 1.29 is 26.6 Å². The highest BCUT2D eigenvalue weighted by atomic mass is 32.2. The summed E-state index contributed by atoms with van der Waals surface area (Å²) in [5, 5.41) is 13.1. The van der Waals surface area contributed by atoms with Gasteiger partial charge in [0.25, 0.3) is 5.69 Å². The molecule has 10 nitrogen and oxygen atoms in total. The summed E-state index contributed by atoms with van der Waals surface area (Å²) in [6, 6.07) is 12.1. The van der Waals surface area contributed by atoms with Gasteiger partial charge in [0.15, 0.2) is 15.0 Å². The van der Waals surface area contributed by atoms with Gasteiger partial charge < -0.3 is 5.32 Å². The molecule has 0 unspecified atom stereocenters. The average molecular weight is 482 g/mol. The highest BCUT2D eigenvalue weighted by molar-refractivity contribution is 7.93. The summed E-state index contributed by atoms with van der Waals surface area (Å²) in [6.45, 7) is 0. The summed E-state index contributed by atoms with van der Waals surface area (Å²) < 4.78 is 49.6. The number of rotatable bonds is 8. The van der Waals surface area contributed by atoms with Crippen molar-refractivity contribution in [3.05, 3.63) is 70.9 Å². The van der Waals surface area contributed by atoms with Gasteiger partial charge in [-0.1, -0.05) is 29.5 Å². The molecule has 0 aliphatic carbocycles. The number of nitrogens with zero attached hydrogens (tertiary/aromatic N) is 2. The highest BCUT2D eigenvalue weighted by Crippen LogP contribution is 2.29. The van der Waals surface area contributed by atoms with Gasteiger partial charge in [0.1, 0.15) is 4.21 Å². The first kappa shape index (κ1) is 22.5. The predicted octanol–water partition coefficient (Wildman–Crippen LogP) is 2.69. The first-order valence-corrected chi connectivity index (χ1v) is 12.6. The highest BCUT2D eigenvalue weighted by Gasteiger charge is 2.23. The van der Waals surface area contributed by atoms with E-state index in [4.69, 9.17) is 0 Å². The lowest BCUT2D eigenvalue weighted by Gasteiger charge is -2.04. The summed E-state index contributed by atoms with van der Waals surface area (Å²) in [6.07, 6.45) is 0.721. The molecule has 0 atom stereocenters. The van der Waals surface area contributed by atoms with E-state index < -0.39 is 36.3 Å². The van der Waals surface area contributed by atoms with Gasteiger partial charge in [-0.3, -0.25) is 14.9 Å². The van der Waals surface area contributed by atoms with Crippen LogP contribution in [-0.2, 0) is 24.5 Å². The van der Waals surface area contributed by atoms with Crippen molar-refractivity contribution in [1.82, 2.24) is 4.98 Å². The molecule has 13 heteroatoms.